The molecule has 0 amide bonds. The summed E-state index contributed by atoms with van der Waals surface area (Å²) in [6.45, 7) is 3.93. The van der Waals surface area contributed by atoms with Crippen LogP contribution in [0.5, 0.6) is 5.75 Å². The van der Waals surface area contributed by atoms with E-state index in [4.69, 9.17) is 9.47 Å². The molecular formula is C25H20BrNO4. The number of para-hydroxylation sites is 1. The lowest BCUT2D eigenvalue weighted by atomic mass is 10.1. The predicted octanol–water partition coefficient (Wildman–Crippen LogP) is 6.10. The van der Waals surface area contributed by atoms with E-state index in [9.17, 15) is 9.59 Å². The molecule has 0 aliphatic heterocycles. The summed E-state index contributed by atoms with van der Waals surface area (Å²) in [7, 11) is 0. The topological polar surface area (TPSA) is 57.5 Å². The summed E-state index contributed by atoms with van der Waals surface area (Å²) >= 11 is 3.35. The smallest absolute Gasteiger partial charge is 0.343 e. The summed E-state index contributed by atoms with van der Waals surface area (Å²) in [4.78, 5) is 25.3. The molecule has 0 N–H and O–H groups in total. The van der Waals surface area contributed by atoms with Crippen molar-refractivity contribution in [1.29, 1.82) is 0 Å². The highest BCUT2D eigenvalue weighted by molar-refractivity contribution is 9.10. The molecule has 0 fully saturated rings. The van der Waals surface area contributed by atoms with Crippen LogP contribution in [-0.2, 0) is 4.74 Å². The van der Waals surface area contributed by atoms with Crippen molar-refractivity contribution >= 4 is 38.8 Å². The first-order chi connectivity index (χ1) is 15.0. The fourth-order valence-electron chi connectivity index (χ4n) is 3.58. The maximum atomic E-state index is 12.8. The van der Waals surface area contributed by atoms with Crippen molar-refractivity contribution in [3.8, 4) is 11.4 Å². The molecule has 6 heteroatoms. The monoisotopic (exact) mass is 477 g/mol. The van der Waals surface area contributed by atoms with Crippen LogP contribution in [0.15, 0.2) is 77.3 Å². The molecule has 4 rings (SSSR count). The molecule has 5 nitrogen and oxygen atoms in total. The third-order valence-corrected chi connectivity index (χ3v) is 5.49. The van der Waals surface area contributed by atoms with Gasteiger partial charge in [-0.05, 0) is 68.4 Å². The van der Waals surface area contributed by atoms with Gasteiger partial charge in [-0.1, -0.05) is 34.1 Å². The first kappa shape index (κ1) is 20.9. The van der Waals surface area contributed by atoms with Crippen LogP contribution in [-0.4, -0.2) is 23.1 Å². The fourth-order valence-corrected chi connectivity index (χ4v) is 3.85. The third kappa shape index (κ3) is 4.11. The Hall–Kier alpha value is -3.38. The van der Waals surface area contributed by atoms with Crippen molar-refractivity contribution in [3.05, 3.63) is 94.1 Å². The zero-order chi connectivity index (χ0) is 22.0. The summed E-state index contributed by atoms with van der Waals surface area (Å²) in [5.74, 6) is -0.518. The molecule has 0 bridgehead atoms. The van der Waals surface area contributed by atoms with Crippen LogP contribution in [0.1, 0.15) is 33.3 Å². The Morgan fingerprint density at radius 1 is 0.935 bits per heavy atom. The Bertz CT molecular complexity index is 1260. The van der Waals surface area contributed by atoms with E-state index in [0.29, 0.717) is 22.3 Å². The summed E-state index contributed by atoms with van der Waals surface area (Å²) in [6, 6.07) is 22.0. The Morgan fingerprint density at radius 3 is 2.32 bits per heavy atom. The lowest BCUT2D eigenvalue weighted by Crippen LogP contribution is -2.08. The SMILES string of the molecule is CCOC(=O)c1c(C)n(-c2ccccc2)c2ccc(OC(=O)c3ccc(Br)cc3)cc12. The molecule has 3 aromatic carbocycles. The van der Waals surface area contributed by atoms with Gasteiger partial charge in [-0.15, -0.1) is 0 Å². The van der Waals surface area contributed by atoms with Crippen molar-refractivity contribution in [1.82, 2.24) is 4.57 Å². The first-order valence-corrected chi connectivity index (χ1v) is 10.6. The number of carbonyl (C=O) groups excluding carboxylic acids is 2. The number of halogens is 1. The second-order valence-corrected chi connectivity index (χ2v) is 7.84. The van der Waals surface area contributed by atoms with E-state index >= 15 is 0 Å². The number of hydrogen-bond donors (Lipinski definition) is 0. The molecule has 156 valence electrons. The van der Waals surface area contributed by atoms with E-state index < -0.39 is 11.9 Å². The van der Waals surface area contributed by atoms with E-state index in [1.165, 1.54) is 0 Å². The average Bonchev–Trinajstić information content (AvgIpc) is 3.06. The van der Waals surface area contributed by atoms with Gasteiger partial charge in [-0.2, -0.15) is 0 Å². The third-order valence-electron chi connectivity index (χ3n) is 4.96. The molecule has 0 aliphatic carbocycles. The molecule has 4 aromatic rings. The number of hydrogen-bond acceptors (Lipinski definition) is 4. The van der Waals surface area contributed by atoms with Crippen LogP contribution in [0.25, 0.3) is 16.6 Å². The molecule has 0 radical (unpaired) electrons. The van der Waals surface area contributed by atoms with Crippen molar-refractivity contribution in [2.24, 2.45) is 0 Å². The number of aromatic nitrogens is 1. The standard InChI is InChI=1S/C25H20BrNO4/c1-3-30-25(29)23-16(2)27(19-7-5-4-6-8-19)22-14-13-20(15-21(22)23)31-24(28)17-9-11-18(26)12-10-17/h4-15H,3H2,1-2H3. The largest absolute Gasteiger partial charge is 0.462 e. The molecule has 0 saturated heterocycles. The molecule has 0 spiro atoms. The van der Waals surface area contributed by atoms with Gasteiger partial charge in [0.15, 0.2) is 0 Å². The van der Waals surface area contributed by atoms with Crippen LogP contribution in [0.2, 0.25) is 0 Å². The minimum absolute atomic E-state index is 0.272. The fraction of sp³-hybridized carbons (Fsp3) is 0.120. The molecule has 1 heterocycles. The van der Waals surface area contributed by atoms with Crippen LogP contribution in [0.4, 0.5) is 0 Å². The van der Waals surface area contributed by atoms with E-state index in [1.54, 1.807) is 43.3 Å². The zero-order valence-electron chi connectivity index (χ0n) is 17.1. The van der Waals surface area contributed by atoms with Gasteiger partial charge >= 0.3 is 11.9 Å². The lowest BCUT2D eigenvalue weighted by Gasteiger charge is -2.09. The first-order valence-electron chi connectivity index (χ1n) is 9.85. The second-order valence-electron chi connectivity index (χ2n) is 6.93. The van der Waals surface area contributed by atoms with Gasteiger partial charge in [0.2, 0.25) is 0 Å². The van der Waals surface area contributed by atoms with Crippen molar-refractivity contribution in [2.75, 3.05) is 6.61 Å². The normalized spacial score (nSPS) is 10.8. The molecule has 1 aromatic heterocycles. The van der Waals surface area contributed by atoms with E-state index in [2.05, 4.69) is 15.9 Å². The van der Waals surface area contributed by atoms with Crippen molar-refractivity contribution in [2.45, 2.75) is 13.8 Å². The molecule has 0 aliphatic rings. The number of esters is 2. The highest BCUT2D eigenvalue weighted by Crippen LogP contribution is 2.33. The van der Waals surface area contributed by atoms with Gasteiger partial charge in [-0.3, -0.25) is 0 Å². The van der Waals surface area contributed by atoms with Gasteiger partial charge in [-0.25, -0.2) is 9.59 Å². The molecule has 0 unspecified atom stereocenters. The van der Waals surface area contributed by atoms with Gasteiger partial charge in [0.1, 0.15) is 5.75 Å². The minimum Gasteiger partial charge on any atom is -0.462 e. The number of ether oxygens (including phenoxy) is 2. The average molecular weight is 478 g/mol. The highest BCUT2D eigenvalue weighted by atomic mass is 79.9. The van der Waals surface area contributed by atoms with Gasteiger partial charge in [0, 0.05) is 21.2 Å². The van der Waals surface area contributed by atoms with Crippen LogP contribution >= 0.6 is 15.9 Å². The van der Waals surface area contributed by atoms with Gasteiger partial charge in [0.25, 0.3) is 0 Å². The number of rotatable bonds is 5. The van der Waals surface area contributed by atoms with E-state index in [0.717, 1.165) is 21.4 Å². The van der Waals surface area contributed by atoms with E-state index in [1.807, 2.05) is 47.9 Å². The van der Waals surface area contributed by atoms with Gasteiger partial charge < -0.3 is 14.0 Å². The molecule has 31 heavy (non-hydrogen) atoms. The quantitative estimate of drug-likeness (QED) is 0.257. The minimum atomic E-state index is -0.469. The predicted molar refractivity (Wildman–Crippen MR) is 123 cm³/mol. The van der Waals surface area contributed by atoms with Crippen molar-refractivity contribution < 1.29 is 19.1 Å². The van der Waals surface area contributed by atoms with Crippen LogP contribution in [0.3, 0.4) is 0 Å². The maximum absolute atomic E-state index is 12.8. The summed E-state index contributed by atoms with van der Waals surface area (Å²) in [5.41, 5.74) is 3.42. The summed E-state index contributed by atoms with van der Waals surface area (Å²) in [6.07, 6.45) is 0. The Kier molecular flexibility index (Phi) is 5.91. The van der Waals surface area contributed by atoms with E-state index in [-0.39, 0.29) is 6.61 Å². The molecule has 0 atom stereocenters. The number of benzene rings is 3. The van der Waals surface area contributed by atoms with Crippen molar-refractivity contribution in [3.63, 3.8) is 0 Å². The lowest BCUT2D eigenvalue weighted by molar-refractivity contribution is 0.0527. The summed E-state index contributed by atoms with van der Waals surface area (Å²) < 4.78 is 13.8. The Morgan fingerprint density at radius 2 is 1.65 bits per heavy atom. The van der Waals surface area contributed by atoms with Crippen LogP contribution in [0, 0.1) is 6.92 Å². The Labute approximate surface area is 188 Å². The summed E-state index contributed by atoms with van der Waals surface area (Å²) in [5, 5.41) is 0.668. The van der Waals surface area contributed by atoms with Crippen LogP contribution < -0.4 is 4.74 Å². The Balaban J connectivity index is 1.80. The zero-order valence-corrected chi connectivity index (χ0v) is 18.7. The molecule has 0 saturated carbocycles. The number of nitrogens with zero attached hydrogens (tertiary/aromatic N) is 1. The maximum Gasteiger partial charge on any atom is 0.343 e. The number of carbonyl (C=O) groups is 2. The highest BCUT2D eigenvalue weighted by Gasteiger charge is 2.23. The second kappa shape index (κ2) is 8.78. The number of fused-ring (bicyclic) bond motifs is 1. The molecular weight excluding hydrogens is 458 g/mol. The van der Waals surface area contributed by atoms with Gasteiger partial charge in [0.05, 0.1) is 23.3 Å².